The highest BCUT2D eigenvalue weighted by atomic mass is 35.5. The fraction of sp³-hybridized carbons (Fsp3) is 0.103. The predicted octanol–water partition coefficient (Wildman–Crippen LogP) is 5.71. The van der Waals surface area contributed by atoms with E-state index in [0.29, 0.717) is 46.5 Å². The van der Waals surface area contributed by atoms with Crippen molar-refractivity contribution in [2.24, 2.45) is 4.99 Å². The van der Waals surface area contributed by atoms with Crippen LogP contribution < -0.4 is 10.6 Å². The standard InChI is InChI=1S/C29H21ClN6O2S/c30-19-6-10-22-24(37)13-18-14-34-29(36-26(18)27(22)32-15-19)35-20-7-4-17(5-8-20)28(38)33-16-21-9-11-25(39-21)23-3-1-2-12-31-23/h1-9,11-12,14-15H,10,13,16H2,(H,33,38)(H,34,35,36). The van der Waals surface area contributed by atoms with Gasteiger partial charge in [-0.3, -0.25) is 19.6 Å². The fourth-order valence-corrected chi connectivity index (χ4v) is 5.36. The van der Waals surface area contributed by atoms with Crippen molar-refractivity contribution >= 4 is 58.2 Å². The number of amides is 1. The number of halogens is 1. The third kappa shape index (κ3) is 5.41. The quantitative estimate of drug-likeness (QED) is 0.317. The van der Waals surface area contributed by atoms with Gasteiger partial charge >= 0.3 is 0 Å². The Hall–Kier alpha value is -4.47. The number of hydrogen-bond donors (Lipinski definition) is 2. The molecule has 39 heavy (non-hydrogen) atoms. The maximum absolute atomic E-state index is 12.7. The molecule has 0 radical (unpaired) electrons. The number of fused-ring (bicyclic) bond motifs is 2. The Bertz CT molecular complexity index is 1680. The van der Waals surface area contributed by atoms with Crippen LogP contribution in [0.15, 0.2) is 88.7 Å². The number of carbonyl (C=O) groups excluding carboxylic acids is 2. The van der Waals surface area contributed by atoms with Gasteiger partial charge in [-0.1, -0.05) is 23.7 Å². The molecular formula is C29H21ClN6O2S. The third-order valence-corrected chi connectivity index (χ3v) is 7.65. The van der Waals surface area contributed by atoms with Crippen LogP contribution in [0.2, 0.25) is 0 Å². The molecule has 0 unspecified atom stereocenters. The number of ketones is 1. The summed E-state index contributed by atoms with van der Waals surface area (Å²) in [6.07, 6.45) is 7.36. The minimum absolute atomic E-state index is 0.00293. The maximum atomic E-state index is 12.7. The number of allylic oxidation sites excluding steroid dienone is 3. The van der Waals surface area contributed by atoms with Crippen molar-refractivity contribution in [3.63, 3.8) is 0 Å². The molecule has 1 aliphatic carbocycles. The monoisotopic (exact) mass is 552 g/mol. The molecule has 0 atom stereocenters. The number of nitrogens with one attached hydrogen (secondary N) is 2. The molecule has 4 heterocycles. The molecule has 1 aliphatic heterocycles. The van der Waals surface area contributed by atoms with Crippen LogP contribution >= 0.6 is 22.9 Å². The normalized spacial score (nSPS) is 14.3. The second kappa shape index (κ2) is 10.7. The summed E-state index contributed by atoms with van der Waals surface area (Å²) in [5.74, 6) is 0.206. The van der Waals surface area contributed by atoms with Crippen molar-refractivity contribution in [3.05, 3.63) is 105 Å². The van der Waals surface area contributed by atoms with Crippen molar-refractivity contribution in [1.29, 1.82) is 0 Å². The van der Waals surface area contributed by atoms with Gasteiger partial charge in [-0.25, -0.2) is 9.97 Å². The van der Waals surface area contributed by atoms with Crippen molar-refractivity contribution < 1.29 is 9.59 Å². The lowest BCUT2D eigenvalue weighted by atomic mass is 9.91. The summed E-state index contributed by atoms with van der Waals surface area (Å²) in [6.45, 7) is 0.433. The highest BCUT2D eigenvalue weighted by Gasteiger charge is 2.27. The van der Waals surface area contributed by atoms with E-state index in [-0.39, 0.29) is 18.1 Å². The van der Waals surface area contributed by atoms with Crippen LogP contribution in [0.1, 0.15) is 32.9 Å². The molecule has 10 heteroatoms. The van der Waals surface area contributed by atoms with Gasteiger partial charge in [-0.05, 0) is 55.0 Å². The smallest absolute Gasteiger partial charge is 0.251 e. The molecule has 0 fully saturated rings. The summed E-state index contributed by atoms with van der Waals surface area (Å²) < 4.78 is 0. The van der Waals surface area contributed by atoms with Gasteiger partial charge in [0.1, 0.15) is 0 Å². The minimum atomic E-state index is -0.165. The van der Waals surface area contributed by atoms with Gasteiger partial charge in [-0.15, -0.1) is 11.3 Å². The highest BCUT2D eigenvalue weighted by Crippen LogP contribution is 2.33. The third-order valence-electron chi connectivity index (χ3n) is 6.29. The number of thiophene rings is 1. The topological polar surface area (TPSA) is 109 Å². The number of carbonyl (C=O) groups is 2. The van der Waals surface area contributed by atoms with Gasteiger partial charge in [0.15, 0.2) is 5.78 Å². The summed E-state index contributed by atoms with van der Waals surface area (Å²) in [7, 11) is 0. The van der Waals surface area contributed by atoms with Gasteiger partial charge in [0.05, 0.1) is 33.5 Å². The van der Waals surface area contributed by atoms with Crippen molar-refractivity contribution in [3.8, 4) is 10.6 Å². The largest absolute Gasteiger partial charge is 0.347 e. The Labute approximate surface area is 233 Å². The first-order chi connectivity index (χ1) is 19.0. The highest BCUT2D eigenvalue weighted by molar-refractivity contribution is 7.15. The number of aliphatic imine (C=N–C) groups is 1. The number of aromatic nitrogens is 3. The van der Waals surface area contributed by atoms with Crippen LogP contribution in [0.5, 0.6) is 0 Å². The Morgan fingerprint density at radius 1 is 1.05 bits per heavy atom. The van der Waals surface area contributed by atoms with Crippen molar-refractivity contribution in [1.82, 2.24) is 20.3 Å². The molecule has 0 bridgehead atoms. The summed E-state index contributed by atoms with van der Waals surface area (Å²) in [5.41, 5.74) is 4.66. The first kappa shape index (κ1) is 24.8. The summed E-state index contributed by atoms with van der Waals surface area (Å²) in [6, 6.07) is 16.9. The second-order valence-electron chi connectivity index (χ2n) is 8.91. The van der Waals surface area contributed by atoms with E-state index < -0.39 is 0 Å². The lowest BCUT2D eigenvalue weighted by Crippen LogP contribution is -2.22. The van der Waals surface area contributed by atoms with Gasteiger partial charge in [0, 0.05) is 52.3 Å². The number of pyridine rings is 1. The predicted molar refractivity (Wildman–Crippen MR) is 153 cm³/mol. The number of nitrogens with zero attached hydrogens (tertiary/aromatic N) is 4. The number of anilines is 2. The van der Waals surface area contributed by atoms with Gasteiger partial charge < -0.3 is 10.6 Å². The Balaban J connectivity index is 1.11. The number of Topliss-reactive ketones (excluding diaryl/α,β-unsaturated/α-hetero) is 1. The first-order valence-electron chi connectivity index (χ1n) is 12.2. The van der Waals surface area contributed by atoms with Crippen molar-refractivity contribution in [2.75, 3.05) is 5.32 Å². The Morgan fingerprint density at radius 3 is 2.74 bits per heavy atom. The molecule has 1 amide bonds. The van der Waals surface area contributed by atoms with E-state index in [0.717, 1.165) is 26.7 Å². The molecule has 1 aromatic carbocycles. The van der Waals surface area contributed by atoms with E-state index in [9.17, 15) is 9.59 Å². The van der Waals surface area contributed by atoms with E-state index in [1.807, 2.05) is 30.3 Å². The van der Waals surface area contributed by atoms with Crippen LogP contribution in [0.3, 0.4) is 0 Å². The van der Waals surface area contributed by atoms with Gasteiger partial charge in [-0.2, -0.15) is 0 Å². The zero-order valence-electron chi connectivity index (χ0n) is 20.5. The number of hydrogen-bond acceptors (Lipinski definition) is 8. The zero-order valence-corrected chi connectivity index (χ0v) is 22.1. The lowest BCUT2D eigenvalue weighted by molar-refractivity contribution is -0.115. The molecule has 2 aliphatic rings. The SMILES string of the molecule is O=C1Cc2cnc(Nc3ccc(C(=O)NCc4ccc(-c5ccccn5)s4)cc3)nc2C2=C1CC=C(Cl)C=N2. The molecular weight excluding hydrogens is 532 g/mol. The molecule has 0 spiro atoms. The van der Waals surface area contributed by atoms with Crippen molar-refractivity contribution in [2.45, 2.75) is 19.4 Å². The van der Waals surface area contributed by atoms with Crippen LogP contribution in [-0.2, 0) is 17.8 Å². The van der Waals surface area contributed by atoms with Crippen LogP contribution in [0.25, 0.3) is 16.3 Å². The molecule has 8 nitrogen and oxygen atoms in total. The molecule has 0 saturated carbocycles. The second-order valence-corrected chi connectivity index (χ2v) is 10.5. The van der Waals surface area contributed by atoms with Gasteiger partial charge in [0.25, 0.3) is 5.91 Å². The molecule has 0 saturated heterocycles. The molecule has 3 aromatic heterocycles. The summed E-state index contributed by atoms with van der Waals surface area (Å²) >= 11 is 7.71. The molecule has 2 N–H and O–H groups in total. The zero-order chi connectivity index (χ0) is 26.8. The molecule has 192 valence electrons. The van der Waals surface area contributed by atoms with E-state index in [4.69, 9.17) is 11.6 Å². The first-order valence-corrected chi connectivity index (χ1v) is 13.4. The Morgan fingerprint density at radius 2 is 1.92 bits per heavy atom. The number of benzene rings is 1. The van der Waals surface area contributed by atoms with E-state index >= 15 is 0 Å². The maximum Gasteiger partial charge on any atom is 0.251 e. The molecule has 6 rings (SSSR count). The van der Waals surface area contributed by atoms with E-state index in [1.165, 1.54) is 6.21 Å². The van der Waals surface area contributed by atoms with Gasteiger partial charge in [0.2, 0.25) is 5.95 Å². The summed E-state index contributed by atoms with van der Waals surface area (Å²) in [5, 5.41) is 6.62. The van der Waals surface area contributed by atoms with E-state index in [1.54, 1.807) is 54.1 Å². The van der Waals surface area contributed by atoms with Crippen LogP contribution in [0.4, 0.5) is 11.6 Å². The average Bonchev–Trinajstić information content (AvgIpc) is 3.35. The fourth-order valence-electron chi connectivity index (χ4n) is 4.31. The summed E-state index contributed by atoms with van der Waals surface area (Å²) in [4.78, 5) is 45.2. The van der Waals surface area contributed by atoms with E-state index in [2.05, 4.69) is 30.6 Å². The number of rotatable bonds is 6. The molecule has 4 aromatic rings. The minimum Gasteiger partial charge on any atom is -0.347 e. The van der Waals surface area contributed by atoms with Crippen LogP contribution in [-0.4, -0.2) is 32.9 Å². The Kier molecular flexibility index (Phi) is 6.83. The average molecular weight is 553 g/mol. The lowest BCUT2D eigenvalue weighted by Gasteiger charge is -2.18. The van der Waals surface area contributed by atoms with Crippen LogP contribution in [0, 0.1) is 0 Å².